The molecule has 5 aliphatic carbocycles. The van der Waals surface area contributed by atoms with Gasteiger partial charge in [-0.2, -0.15) is 0 Å². The molecule has 0 bridgehead atoms. The number of nitrogens with zero attached hydrogens (tertiary/aromatic N) is 2. The van der Waals surface area contributed by atoms with Crippen LogP contribution in [0.15, 0.2) is 46.0 Å². The fraction of sp³-hybridized carbons (Fsp3) is 0.440. The molecule has 34 heavy (non-hydrogen) atoms. The molecule has 1 aromatic heterocycles. The van der Waals surface area contributed by atoms with Crippen molar-refractivity contribution in [2.45, 2.75) is 19.4 Å². The number of hydrogen-bond acceptors (Lipinski definition) is 7. The van der Waals surface area contributed by atoms with Crippen LogP contribution in [-0.2, 0) is 14.3 Å². The smallest absolute Gasteiger partial charge is 0.338 e. The van der Waals surface area contributed by atoms with E-state index in [0.29, 0.717) is 22.0 Å². The maximum atomic E-state index is 13.9. The van der Waals surface area contributed by atoms with Crippen molar-refractivity contribution in [3.05, 3.63) is 63.0 Å². The van der Waals surface area contributed by atoms with E-state index in [-0.39, 0.29) is 40.3 Å². The Morgan fingerprint density at radius 3 is 2.65 bits per heavy atom. The molecule has 1 aliphatic heterocycles. The molecule has 5 unspecified atom stereocenters. The molecule has 0 radical (unpaired) electrons. The first kappa shape index (κ1) is 19.3. The third-order valence-corrected chi connectivity index (χ3v) is 10.8. The zero-order chi connectivity index (χ0) is 23.4. The predicted octanol–water partition coefficient (Wildman–Crippen LogP) is 3.08. The van der Waals surface area contributed by atoms with Gasteiger partial charge in [0.05, 0.1) is 18.1 Å². The minimum Gasteiger partial charge on any atom is -0.481 e. The zero-order valence-corrected chi connectivity index (χ0v) is 19.1. The number of rotatable bonds is 5. The fourth-order valence-corrected chi connectivity index (χ4v) is 9.92. The van der Waals surface area contributed by atoms with Crippen LogP contribution < -0.4 is 5.32 Å². The van der Waals surface area contributed by atoms with E-state index in [2.05, 4.69) is 10.3 Å². The molecule has 1 aromatic carbocycles. The lowest BCUT2D eigenvalue weighted by Crippen LogP contribution is -2.78. The Hall–Kier alpha value is -3.07. The maximum absolute atomic E-state index is 13.9. The number of hydrogen-bond donors (Lipinski definition) is 2. The number of methoxy groups -OCH3 is 1. The van der Waals surface area contributed by atoms with Crippen LogP contribution in [0, 0.1) is 52.7 Å². The van der Waals surface area contributed by atoms with Crippen molar-refractivity contribution in [2.24, 2.45) is 44.9 Å². The van der Waals surface area contributed by atoms with Gasteiger partial charge in [-0.25, -0.2) is 14.2 Å². The van der Waals surface area contributed by atoms with Crippen molar-refractivity contribution >= 4 is 29.1 Å². The first-order valence-electron chi connectivity index (χ1n) is 11.5. The highest BCUT2D eigenvalue weighted by molar-refractivity contribution is 7.11. The van der Waals surface area contributed by atoms with Gasteiger partial charge in [0.25, 0.3) is 0 Å². The van der Waals surface area contributed by atoms with E-state index in [0.717, 1.165) is 17.7 Å². The Morgan fingerprint density at radius 1 is 1.29 bits per heavy atom. The molecule has 5 fully saturated rings. The number of aromatic nitrogens is 1. The molecule has 2 aromatic rings. The van der Waals surface area contributed by atoms with Gasteiger partial charge in [-0.05, 0) is 60.3 Å². The number of carboxylic acids is 1. The lowest BCUT2D eigenvalue weighted by atomic mass is 9.24. The zero-order valence-electron chi connectivity index (χ0n) is 18.3. The van der Waals surface area contributed by atoms with Crippen molar-refractivity contribution in [1.82, 2.24) is 10.3 Å². The van der Waals surface area contributed by atoms with Gasteiger partial charge in [-0.15, -0.1) is 11.3 Å². The second-order valence-electron chi connectivity index (χ2n) is 10.4. The largest absolute Gasteiger partial charge is 0.481 e. The monoisotopic (exact) mass is 477 g/mol. The van der Waals surface area contributed by atoms with Crippen LogP contribution in [0.5, 0.6) is 0 Å². The van der Waals surface area contributed by atoms with E-state index in [1.807, 2.05) is 5.38 Å². The molecular formula is C25H20FN3O4S. The SMILES string of the molecule is COC(=O)C1=C(C23C4CC2C2C5(C(=O)O)C4C235)NC(c2nccs2)=NC1c1ccc(F)cc1C. The average molecular weight is 478 g/mol. The third-order valence-electron chi connectivity index (χ3n) is 10.0. The molecule has 2 N–H and O–H groups in total. The number of ether oxygens (including phenoxy) is 1. The van der Waals surface area contributed by atoms with E-state index in [9.17, 15) is 19.1 Å². The summed E-state index contributed by atoms with van der Waals surface area (Å²) >= 11 is 1.44. The number of nitrogens with one attached hydrogen (secondary N) is 1. The number of aliphatic imine (C=N–C) groups is 1. The van der Waals surface area contributed by atoms with E-state index in [4.69, 9.17) is 9.73 Å². The second kappa shape index (κ2) is 5.43. The molecule has 5 atom stereocenters. The summed E-state index contributed by atoms with van der Waals surface area (Å²) in [4.78, 5) is 34.9. The van der Waals surface area contributed by atoms with Crippen LogP contribution in [0.25, 0.3) is 0 Å². The highest BCUT2D eigenvalue weighted by Crippen LogP contribution is 3.22. The lowest BCUT2D eigenvalue weighted by molar-refractivity contribution is -0.300. The van der Waals surface area contributed by atoms with Crippen molar-refractivity contribution < 1.29 is 23.8 Å². The molecule has 0 saturated heterocycles. The summed E-state index contributed by atoms with van der Waals surface area (Å²) in [5.41, 5.74) is 1.42. The standard InChI is InChI=1S/C25H20FN3O4S/c1-9-7-10(26)3-4-11(9)15-14(21(30)33-2)18(29-19(28-15)20-27-5-6-34-20)23-12-8-13(23)17-24(22(31)32)16(12)25(17,23)24/h3-7,12-13,15-17H,8H2,1-2H3,(H,28,29)(H,31,32). The molecule has 9 heteroatoms. The number of carboxylic acid groups (broad SMARTS) is 1. The van der Waals surface area contributed by atoms with E-state index in [1.165, 1.54) is 30.6 Å². The Balaban J connectivity index is 1.35. The van der Waals surface area contributed by atoms with Crippen LogP contribution in [0.3, 0.4) is 0 Å². The molecule has 5 saturated carbocycles. The van der Waals surface area contributed by atoms with E-state index in [1.54, 1.807) is 19.2 Å². The number of halogens is 1. The summed E-state index contributed by atoms with van der Waals surface area (Å²) in [6.07, 6.45) is 2.71. The van der Waals surface area contributed by atoms with Gasteiger partial charge in [-0.1, -0.05) is 6.07 Å². The van der Waals surface area contributed by atoms with Crippen LogP contribution in [0.1, 0.15) is 28.6 Å². The minimum absolute atomic E-state index is 0.217. The highest BCUT2D eigenvalue weighted by Gasteiger charge is 3.24. The highest BCUT2D eigenvalue weighted by atomic mass is 32.1. The Bertz CT molecular complexity index is 1410. The Labute approximate surface area is 197 Å². The number of carbonyl (C=O) groups excluding carboxylic acids is 1. The molecule has 6 aliphatic rings. The fourth-order valence-electron chi connectivity index (χ4n) is 9.34. The first-order valence-corrected chi connectivity index (χ1v) is 12.3. The topological polar surface area (TPSA) is 101 Å². The predicted molar refractivity (Wildman–Crippen MR) is 118 cm³/mol. The number of thiazole rings is 1. The molecule has 172 valence electrons. The van der Waals surface area contributed by atoms with E-state index < -0.39 is 23.4 Å². The number of esters is 1. The van der Waals surface area contributed by atoms with Crippen LogP contribution in [0.2, 0.25) is 0 Å². The Kier molecular flexibility index (Phi) is 3.07. The number of benzene rings is 1. The molecule has 1 spiro atoms. The molecule has 0 amide bonds. The third kappa shape index (κ3) is 1.54. The normalized spacial score (nSPS) is 43.1. The lowest BCUT2D eigenvalue weighted by Gasteiger charge is -2.79. The molecule has 7 nitrogen and oxygen atoms in total. The summed E-state index contributed by atoms with van der Waals surface area (Å²) in [6, 6.07) is 3.80. The van der Waals surface area contributed by atoms with Crippen LogP contribution in [0.4, 0.5) is 4.39 Å². The summed E-state index contributed by atoms with van der Waals surface area (Å²) < 4.78 is 19.2. The molecule has 2 heterocycles. The summed E-state index contributed by atoms with van der Waals surface area (Å²) in [5.74, 6) is -0.0243. The molecular weight excluding hydrogens is 457 g/mol. The van der Waals surface area contributed by atoms with E-state index >= 15 is 0 Å². The average Bonchev–Trinajstić information content (AvgIpc) is 3.49. The van der Waals surface area contributed by atoms with Crippen molar-refractivity contribution in [1.29, 1.82) is 0 Å². The number of amidine groups is 1. The van der Waals surface area contributed by atoms with Crippen molar-refractivity contribution in [3.63, 3.8) is 0 Å². The minimum atomic E-state index is -0.691. The maximum Gasteiger partial charge on any atom is 0.338 e. The van der Waals surface area contributed by atoms with Crippen molar-refractivity contribution in [2.75, 3.05) is 7.11 Å². The summed E-state index contributed by atoms with van der Waals surface area (Å²) in [5, 5.41) is 16.1. The summed E-state index contributed by atoms with van der Waals surface area (Å²) in [7, 11) is 1.35. The van der Waals surface area contributed by atoms with Gasteiger partial charge in [0.1, 0.15) is 11.9 Å². The summed E-state index contributed by atoms with van der Waals surface area (Å²) in [6.45, 7) is 1.80. The van der Waals surface area contributed by atoms with Gasteiger partial charge in [0.2, 0.25) is 0 Å². The van der Waals surface area contributed by atoms with Crippen LogP contribution in [-0.4, -0.2) is 35.0 Å². The quantitative estimate of drug-likeness (QED) is 0.642. The van der Waals surface area contributed by atoms with Gasteiger partial charge >= 0.3 is 11.9 Å². The Morgan fingerprint density at radius 2 is 2.06 bits per heavy atom. The number of allylic oxidation sites excluding steroid dienone is 1. The molecule has 8 rings (SSSR count). The van der Waals surface area contributed by atoms with Gasteiger partial charge in [-0.3, -0.25) is 9.79 Å². The van der Waals surface area contributed by atoms with Crippen molar-refractivity contribution in [3.8, 4) is 0 Å². The van der Waals surface area contributed by atoms with Gasteiger partial charge < -0.3 is 15.2 Å². The van der Waals surface area contributed by atoms with Crippen LogP contribution >= 0.6 is 11.3 Å². The number of carbonyl (C=O) groups is 2. The van der Waals surface area contributed by atoms with Gasteiger partial charge in [0, 0.05) is 28.1 Å². The number of aliphatic carboxylic acids is 1. The van der Waals surface area contributed by atoms with Gasteiger partial charge in [0.15, 0.2) is 10.8 Å². The number of aryl methyl sites for hydroxylation is 1. The number of fused-ring (bicyclic) bond motifs is 4. The second-order valence-corrected chi connectivity index (χ2v) is 11.3. The first-order chi connectivity index (χ1) is 16.4.